The Morgan fingerprint density at radius 1 is 1.31 bits per heavy atom. The van der Waals surface area contributed by atoms with Crippen molar-refractivity contribution in [3.05, 3.63) is 18.6 Å². The molecule has 0 fully saturated rings. The zero-order valence-corrected chi connectivity index (χ0v) is 10.1. The minimum atomic E-state index is -0.0359. The fraction of sp³-hybridized carbons (Fsp3) is 0.455. The molecule has 0 aliphatic carbocycles. The number of rotatable bonds is 2. The fourth-order valence-electron chi connectivity index (χ4n) is 1.49. The normalized spacial score (nSPS) is 11.8. The minimum absolute atomic E-state index is 0.0359. The Morgan fingerprint density at radius 2 is 2.06 bits per heavy atom. The van der Waals surface area contributed by atoms with Crippen LogP contribution < -0.4 is 10.6 Å². The van der Waals surface area contributed by atoms with E-state index in [1.54, 1.807) is 6.20 Å². The van der Waals surface area contributed by atoms with Crippen molar-refractivity contribution in [1.29, 1.82) is 0 Å². The molecule has 0 saturated heterocycles. The summed E-state index contributed by atoms with van der Waals surface area (Å²) in [6.07, 6.45) is 5.59. The predicted octanol–water partition coefficient (Wildman–Crippen LogP) is 1.98. The van der Waals surface area contributed by atoms with Crippen molar-refractivity contribution in [2.45, 2.75) is 26.3 Å². The number of imidazole rings is 1. The largest absolute Gasteiger partial charge is 0.372 e. The summed E-state index contributed by atoms with van der Waals surface area (Å²) in [5, 5.41) is 6.39. The lowest BCUT2D eigenvalue weighted by molar-refractivity contribution is 0.630. The second kappa shape index (κ2) is 3.66. The van der Waals surface area contributed by atoms with Gasteiger partial charge in [0.05, 0.1) is 6.20 Å². The van der Waals surface area contributed by atoms with Gasteiger partial charge in [-0.1, -0.05) is 0 Å². The van der Waals surface area contributed by atoms with Crippen LogP contribution in [0.3, 0.4) is 0 Å². The molecule has 86 valence electrons. The maximum atomic E-state index is 4.47. The molecule has 2 aromatic heterocycles. The van der Waals surface area contributed by atoms with Crippen LogP contribution in [0.25, 0.3) is 5.65 Å². The van der Waals surface area contributed by atoms with Crippen LogP contribution in [0.15, 0.2) is 18.6 Å². The number of anilines is 2. The van der Waals surface area contributed by atoms with Gasteiger partial charge in [0.1, 0.15) is 5.82 Å². The number of nitrogens with one attached hydrogen (secondary N) is 2. The second-order valence-corrected chi connectivity index (χ2v) is 4.76. The molecule has 0 spiro atoms. The molecule has 2 heterocycles. The molecule has 2 aromatic rings. The van der Waals surface area contributed by atoms with Gasteiger partial charge in [-0.25, -0.2) is 9.97 Å². The summed E-state index contributed by atoms with van der Waals surface area (Å²) >= 11 is 0. The highest BCUT2D eigenvalue weighted by molar-refractivity contribution is 5.66. The van der Waals surface area contributed by atoms with E-state index in [9.17, 15) is 0 Å². The van der Waals surface area contributed by atoms with Crippen LogP contribution in [0.2, 0.25) is 0 Å². The van der Waals surface area contributed by atoms with Crippen molar-refractivity contribution in [2.75, 3.05) is 17.7 Å². The Bertz CT molecular complexity index is 495. The summed E-state index contributed by atoms with van der Waals surface area (Å²) in [6.45, 7) is 6.29. The molecule has 0 saturated carbocycles. The summed E-state index contributed by atoms with van der Waals surface area (Å²) < 4.78 is 1.95. The van der Waals surface area contributed by atoms with E-state index in [4.69, 9.17) is 0 Å². The fourth-order valence-corrected chi connectivity index (χ4v) is 1.49. The summed E-state index contributed by atoms with van der Waals surface area (Å²) in [4.78, 5) is 8.76. The molecular formula is C11H17N5. The van der Waals surface area contributed by atoms with Crippen LogP contribution >= 0.6 is 0 Å². The van der Waals surface area contributed by atoms with Crippen molar-refractivity contribution in [3.63, 3.8) is 0 Å². The summed E-state index contributed by atoms with van der Waals surface area (Å²) in [5.41, 5.74) is 0.806. The number of hydrogen-bond acceptors (Lipinski definition) is 4. The first-order valence-electron chi connectivity index (χ1n) is 5.29. The third-order valence-electron chi connectivity index (χ3n) is 2.12. The monoisotopic (exact) mass is 219 g/mol. The van der Waals surface area contributed by atoms with Gasteiger partial charge in [-0.15, -0.1) is 0 Å². The zero-order valence-electron chi connectivity index (χ0n) is 10.1. The van der Waals surface area contributed by atoms with Crippen molar-refractivity contribution < 1.29 is 0 Å². The molecule has 0 radical (unpaired) electrons. The Labute approximate surface area is 94.9 Å². The van der Waals surface area contributed by atoms with Gasteiger partial charge in [0.25, 0.3) is 0 Å². The Morgan fingerprint density at radius 3 is 2.69 bits per heavy atom. The van der Waals surface area contributed by atoms with Crippen LogP contribution in [-0.4, -0.2) is 27.0 Å². The molecule has 2 N–H and O–H groups in total. The average molecular weight is 219 g/mol. The average Bonchev–Trinajstić information content (AvgIpc) is 2.63. The molecule has 0 bridgehead atoms. The van der Waals surface area contributed by atoms with E-state index in [1.165, 1.54) is 0 Å². The van der Waals surface area contributed by atoms with Gasteiger partial charge in [0, 0.05) is 25.0 Å². The van der Waals surface area contributed by atoms with Crippen LogP contribution in [0.5, 0.6) is 0 Å². The van der Waals surface area contributed by atoms with E-state index in [0.29, 0.717) is 0 Å². The van der Waals surface area contributed by atoms with Gasteiger partial charge in [-0.2, -0.15) is 0 Å². The van der Waals surface area contributed by atoms with E-state index in [-0.39, 0.29) is 5.54 Å². The van der Waals surface area contributed by atoms with Crippen molar-refractivity contribution >= 4 is 17.3 Å². The van der Waals surface area contributed by atoms with Crippen LogP contribution in [-0.2, 0) is 0 Å². The number of aromatic nitrogens is 3. The van der Waals surface area contributed by atoms with E-state index in [0.717, 1.165) is 17.3 Å². The van der Waals surface area contributed by atoms with Crippen molar-refractivity contribution in [3.8, 4) is 0 Å². The van der Waals surface area contributed by atoms with E-state index in [2.05, 4.69) is 41.4 Å². The van der Waals surface area contributed by atoms with Gasteiger partial charge in [0.15, 0.2) is 11.5 Å². The molecule has 5 heteroatoms. The first-order chi connectivity index (χ1) is 7.49. The van der Waals surface area contributed by atoms with Gasteiger partial charge < -0.3 is 15.0 Å². The van der Waals surface area contributed by atoms with Crippen molar-refractivity contribution in [2.24, 2.45) is 0 Å². The Kier molecular flexibility index (Phi) is 2.46. The molecule has 0 aromatic carbocycles. The van der Waals surface area contributed by atoms with E-state index < -0.39 is 0 Å². The van der Waals surface area contributed by atoms with Gasteiger partial charge in [-0.05, 0) is 20.8 Å². The maximum absolute atomic E-state index is 4.47. The standard InChI is InChI=1S/C11H17N5/c1-11(2,3)15-9-10-13-5-6-16(10)7-8(12-4)14-9/h5-7,12H,1-4H3,(H,14,15). The van der Waals surface area contributed by atoms with Gasteiger partial charge in [0.2, 0.25) is 0 Å². The number of fused-ring (bicyclic) bond motifs is 1. The summed E-state index contributed by atoms with van der Waals surface area (Å²) in [5.74, 6) is 1.61. The van der Waals surface area contributed by atoms with Crippen molar-refractivity contribution in [1.82, 2.24) is 14.4 Å². The lowest BCUT2D eigenvalue weighted by Crippen LogP contribution is -2.27. The first kappa shape index (κ1) is 10.7. The molecule has 0 atom stereocenters. The minimum Gasteiger partial charge on any atom is -0.372 e. The molecule has 5 nitrogen and oxygen atoms in total. The second-order valence-electron chi connectivity index (χ2n) is 4.76. The van der Waals surface area contributed by atoms with Crippen LogP contribution in [0.4, 0.5) is 11.6 Å². The van der Waals surface area contributed by atoms with Gasteiger partial charge in [-0.3, -0.25) is 0 Å². The highest BCUT2D eigenvalue weighted by Crippen LogP contribution is 2.19. The Hall–Kier alpha value is -1.78. The third kappa shape index (κ3) is 2.08. The molecule has 0 amide bonds. The molecule has 0 unspecified atom stereocenters. The molecule has 2 rings (SSSR count). The summed E-state index contributed by atoms with van der Waals surface area (Å²) in [7, 11) is 1.85. The number of hydrogen-bond donors (Lipinski definition) is 2. The molecular weight excluding hydrogens is 202 g/mol. The van der Waals surface area contributed by atoms with Crippen LogP contribution in [0, 0.1) is 0 Å². The van der Waals surface area contributed by atoms with Gasteiger partial charge >= 0.3 is 0 Å². The molecule has 0 aliphatic rings. The highest BCUT2D eigenvalue weighted by atomic mass is 15.2. The predicted molar refractivity (Wildman–Crippen MR) is 65.9 cm³/mol. The quantitative estimate of drug-likeness (QED) is 0.811. The molecule has 16 heavy (non-hydrogen) atoms. The zero-order chi connectivity index (χ0) is 11.8. The SMILES string of the molecule is CNc1cn2ccnc2c(NC(C)(C)C)n1. The molecule has 0 aliphatic heterocycles. The smallest absolute Gasteiger partial charge is 0.180 e. The lowest BCUT2D eigenvalue weighted by atomic mass is 10.1. The Balaban J connectivity index is 2.52. The number of nitrogens with zero attached hydrogens (tertiary/aromatic N) is 3. The van der Waals surface area contributed by atoms with E-state index in [1.807, 2.05) is 23.8 Å². The first-order valence-corrected chi connectivity index (χ1v) is 5.29. The third-order valence-corrected chi connectivity index (χ3v) is 2.12. The maximum Gasteiger partial charge on any atom is 0.180 e. The highest BCUT2D eigenvalue weighted by Gasteiger charge is 2.14. The summed E-state index contributed by atoms with van der Waals surface area (Å²) in [6, 6.07) is 0. The lowest BCUT2D eigenvalue weighted by Gasteiger charge is -2.21. The van der Waals surface area contributed by atoms with Crippen LogP contribution in [0.1, 0.15) is 20.8 Å². The topological polar surface area (TPSA) is 54.2 Å². The van der Waals surface area contributed by atoms with E-state index >= 15 is 0 Å².